The van der Waals surface area contributed by atoms with Gasteiger partial charge >= 0.3 is 0 Å². The third-order valence-electron chi connectivity index (χ3n) is 4.34. The molecule has 200 valence electrons. The number of rotatable bonds is 6. The van der Waals surface area contributed by atoms with Crippen molar-refractivity contribution in [2.24, 2.45) is 0 Å². The normalized spacial score (nSPS) is 10.0. The monoisotopic (exact) mass is 592 g/mol. The van der Waals surface area contributed by atoms with Crippen LogP contribution in [0, 0.1) is 0 Å². The summed E-state index contributed by atoms with van der Waals surface area (Å²) in [7, 11) is 3.94. The summed E-state index contributed by atoms with van der Waals surface area (Å²) in [5.74, 6) is 0.0417. The van der Waals surface area contributed by atoms with Crippen LogP contribution in [0.2, 0.25) is 0 Å². The molecular weight excluding hydrogens is 568 g/mol. The predicted octanol–water partition coefficient (Wildman–Crippen LogP) is 3.59. The Hall–Kier alpha value is -3.43. The first-order chi connectivity index (χ1) is 17.8. The van der Waals surface area contributed by atoms with Crippen LogP contribution in [-0.4, -0.2) is 66.3 Å². The number of thiazole rings is 3. The average molecular weight is 593 g/mol. The van der Waals surface area contributed by atoms with Crippen molar-refractivity contribution in [3.05, 3.63) is 84.7 Å². The average Bonchev–Trinajstić information content (AvgIpc) is 3.68. The molecule has 0 aliphatic rings. The van der Waals surface area contributed by atoms with Gasteiger partial charge in [0.25, 0.3) is 11.1 Å². The minimum Gasteiger partial charge on any atom is -0.308 e. The third kappa shape index (κ3) is 9.79. The Morgan fingerprint density at radius 1 is 0.895 bits per heavy atom. The van der Waals surface area contributed by atoms with Crippen molar-refractivity contribution in [3.63, 3.8) is 0 Å². The standard InChI is InChI=1S/C11H14N4OS.C7H5N3OS.C5H5NOS.ClH/c1-14(2)6-7-15-10(16)4-3-9(13-15)11-12-5-8-17-11;11-6-2-1-5(9-10-6)7-8-3-4-12-7;1-4(7)5-6-2-3-8-5;/h3-5,8H,6-7H2,1-2H3;1-4H,(H,10,11);2-3H,1H3;1H. The molecule has 15 heteroatoms. The lowest BCUT2D eigenvalue weighted by Crippen LogP contribution is -2.28. The summed E-state index contributed by atoms with van der Waals surface area (Å²) in [6.45, 7) is 2.89. The molecule has 1 N–H and O–H groups in total. The highest BCUT2D eigenvalue weighted by molar-refractivity contribution is 7.13. The van der Waals surface area contributed by atoms with E-state index >= 15 is 0 Å². The second-order valence-electron chi connectivity index (χ2n) is 7.46. The zero-order valence-electron chi connectivity index (χ0n) is 20.7. The van der Waals surface area contributed by atoms with Gasteiger partial charge in [-0.05, 0) is 26.2 Å². The minimum absolute atomic E-state index is 0. The zero-order valence-corrected chi connectivity index (χ0v) is 23.9. The molecule has 0 bridgehead atoms. The van der Waals surface area contributed by atoms with Gasteiger partial charge in [-0.1, -0.05) is 0 Å². The van der Waals surface area contributed by atoms with Gasteiger partial charge in [0.15, 0.2) is 10.8 Å². The molecule has 0 atom stereocenters. The van der Waals surface area contributed by atoms with Crippen molar-refractivity contribution in [1.29, 1.82) is 0 Å². The molecular formula is C23H25ClN8O3S3. The smallest absolute Gasteiger partial charge is 0.266 e. The van der Waals surface area contributed by atoms with Gasteiger partial charge in [-0.15, -0.1) is 46.4 Å². The van der Waals surface area contributed by atoms with Crippen molar-refractivity contribution in [1.82, 2.24) is 39.8 Å². The Balaban J connectivity index is 0.000000211. The van der Waals surface area contributed by atoms with Gasteiger partial charge < -0.3 is 4.90 Å². The van der Waals surface area contributed by atoms with Gasteiger partial charge in [-0.2, -0.15) is 10.2 Å². The van der Waals surface area contributed by atoms with Gasteiger partial charge in [0.05, 0.1) is 6.54 Å². The maximum Gasteiger partial charge on any atom is 0.266 e. The molecule has 0 spiro atoms. The second kappa shape index (κ2) is 15.7. The fraction of sp³-hybridized carbons (Fsp3) is 0.217. The van der Waals surface area contributed by atoms with E-state index in [0.29, 0.717) is 17.2 Å². The molecule has 5 aromatic rings. The summed E-state index contributed by atoms with van der Waals surface area (Å²) in [4.78, 5) is 46.8. The van der Waals surface area contributed by atoms with Crippen LogP contribution in [0.4, 0.5) is 0 Å². The van der Waals surface area contributed by atoms with E-state index in [2.05, 4.69) is 30.2 Å². The SMILES string of the molecule is CC(=O)c1nccs1.CN(C)CCn1nc(-c2nccs2)ccc1=O.Cl.O=c1ccc(-c2nccs2)n[nH]1. The van der Waals surface area contributed by atoms with Crippen LogP contribution in [0.25, 0.3) is 21.4 Å². The summed E-state index contributed by atoms with van der Waals surface area (Å²) < 4.78 is 1.48. The van der Waals surface area contributed by atoms with E-state index in [-0.39, 0.29) is 29.3 Å². The number of ketones is 1. The molecule has 0 saturated carbocycles. The molecule has 0 saturated heterocycles. The van der Waals surface area contributed by atoms with Crippen molar-refractivity contribution in [3.8, 4) is 21.4 Å². The summed E-state index contributed by atoms with van der Waals surface area (Å²) in [5, 5.41) is 18.3. The number of H-pyrrole nitrogens is 1. The number of nitrogens with zero attached hydrogens (tertiary/aromatic N) is 7. The number of carbonyl (C=O) groups is 1. The molecule has 0 amide bonds. The molecule has 5 aromatic heterocycles. The van der Waals surface area contributed by atoms with E-state index in [9.17, 15) is 14.4 Å². The number of nitrogens with one attached hydrogen (secondary N) is 1. The summed E-state index contributed by atoms with van der Waals surface area (Å²) in [6, 6.07) is 6.34. The Morgan fingerprint density at radius 2 is 1.50 bits per heavy atom. The van der Waals surface area contributed by atoms with E-state index in [0.717, 1.165) is 22.3 Å². The molecule has 0 aromatic carbocycles. The Kier molecular flexibility index (Phi) is 12.8. The largest absolute Gasteiger partial charge is 0.308 e. The molecule has 5 rings (SSSR count). The first-order valence-electron chi connectivity index (χ1n) is 10.8. The van der Waals surface area contributed by atoms with E-state index in [1.807, 2.05) is 29.8 Å². The molecule has 11 nitrogen and oxygen atoms in total. The molecule has 0 unspecified atom stereocenters. The highest BCUT2D eigenvalue weighted by Gasteiger charge is 2.05. The zero-order chi connectivity index (χ0) is 26.6. The maximum absolute atomic E-state index is 11.6. The van der Waals surface area contributed by atoms with Crippen LogP contribution in [-0.2, 0) is 6.54 Å². The number of hydrogen-bond acceptors (Lipinski definition) is 12. The number of aromatic amines is 1. The van der Waals surface area contributed by atoms with Crippen molar-refractivity contribution in [2.45, 2.75) is 13.5 Å². The highest BCUT2D eigenvalue weighted by Crippen LogP contribution is 2.18. The van der Waals surface area contributed by atoms with Crippen LogP contribution in [0.5, 0.6) is 0 Å². The third-order valence-corrected chi connectivity index (χ3v) is 6.81. The topological polar surface area (TPSA) is 140 Å². The Morgan fingerprint density at radius 3 is 1.97 bits per heavy atom. The van der Waals surface area contributed by atoms with E-state index in [4.69, 9.17) is 0 Å². The Bertz CT molecular complexity index is 1460. The van der Waals surface area contributed by atoms with Crippen LogP contribution in [0.3, 0.4) is 0 Å². The Labute approximate surface area is 236 Å². The number of hydrogen-bond donors (Lipinski definition) is 1. The first kappa shape index (κ1) is 30.8. The molecule has 5 heterocycles. The van der Waals surface area contributed by atoms with Gasteiger partial charge in [0, 0.05) is 60.3 Å². The number of likely N-dealkylation sites (N-methyl/N-ethyl adjacent to an activating group) is 1. The molecule has 0 aliphatic carbocycles. The van der Waals surface area contributed by atoms with Crippen LogP contribution in [0.15, 0.2) is 68.6 Å². The molecule has 0 fully saturated rings. The number of halogens is 1. The minimum atomic E-state index is -0.199. The molecule has 0 radical (unpaired) electrons. The lowest BCUT2D eigenvalue weighted by atomic mass is 10.4. The van der Waals surface area contributed by atoms with Crippen molar-refractivity contribution >= 4 is 52.2 Å². The molecule has 0 aliphatic heterocycles. The quantitative estimate of drug-likeness (QED) is 0.293. The van der Waals surface area contributed by atoms with Gasteiger partial charge in [0.1, 0.15) is 21.4 Å². The maximum atomic E-state index is 11.6. The van der Waals surface area contributed by atoms with Crippen molar-refractivity contribution in [2.75, 3.05) is 20.6 Å². The summed E-state index contributed by atoms with van der Waals surface area (Å²) in [5.41, 5.74) is 1.17. The predicted molar refractivity (Wildman–Crippen MR) is 153 cm³/mol. The summed E-state index contributed by atoms with van der Waals surface area (Å²) >= 11 is 4.37. The van der Waals surface area contributed by atoms with E-state index in [1.54, 1.807) is 42.2 Å². The van der Waals surface area contributed by atoms with Gasteiger partial charge in [-0.25, -0.2) is 24.7 Å². The van der Waals surface area contributed by atoms with E-state index in [1.165, 1.54) is 51.7 Å². The number of carbonyl (C=O) groups excluding carboxylic acids is 1. The van der Waals surface area contributed by atoms with E-state index < -0.39 is 0 Å². The molecule has 38 heavy (non-hydrogen) atoms. The number of Topliss-reactive ketones (excluding diaryl/α,β-unsaturated/α-hetero) is 1. The van der Waals surface area contributed by atoms with Gasteiger partial charge in [-0.3, -0.25) is 14.4 Å². The van der Waals surface area contributed by atoms with Crippen LogP contribution >= 0.6 is 46.4 Å². The fourth-order valence-corrected chi connectivity index (χ4v) is 4.33. The fourth-order valence-electron chi connectivity index (χ4n) is 2.58. The lowest BCUT2D eigenvalue weighted by Gasteiger charge is -2.10. The summed E-state index contributed by atoms with van der Waals surface area (Å²) in [6.07, 6.45) is 5.06. The lowest BCUT2D eigenvalue weighted by molar-refractivity contribution is 0.101. The van der Waals surface area contributed by atoms with Crippen LogP contribution in [0.1, 0.15) is 16.7 Å². The van der Waals surface area contributed by atoms with Crippen molar-refractivity contribution < 1.29 is 4.79 Å². The van der Waals surface area contributed by atoms with Crippen LogP contribution < -0.4 is 11.1 Å². The highest BCUT2D eigenvalue weighted by atomic mass is 35.5. The second-order valence-corrected chi connectivity index (χ2v) is 10.1. The van der Waals surface area contributed by atoms with Gasteiger partial charge in [0.2, 0.25) is 0 Å². The number of aromatic nitrogens is 7. The first-order valence-corrected chi connectivity index (χ1v) is 13.5.